The monoisotopic (exact) mass is 228 g/mol. The molecule has 2 rings (SSSR count). The van der Waals surface area contributed by atoms with Crippen molar-refractivity contribution >= 4 is 10.9 Å². The largest absolute Gasteiger partial charge is 0.330 e. The van der Waals surface area contributed by atoms with Crippen LogP contribution in [0.3, 0.4) is 0 Å². The van der Waals surface area contributed by atoms with Gasteiger partial charge in [-0.2, -0.15) is 0 Å². The molecule has 2 N–H and O–H groups in total. The number of rotatable bonds is 4. The summed E-state index contributed by atoms with van der Waals surface area (Å²) < 4.78 is 0. The normalized spacial score (nSPS) is 11.0. The quantitative estimate of drug-likeness (QED) is 0.816. The third kappa shape index (κ3) is 2.64. The zero-order valence-corrected chi connectivity index (χ0v) is 10.7. The molecule has 0 atom stereocenters. The average molecular weight is 228 g/mol. The Morgan fingerprint density at radius 3 is 2.76 bits per heavy atom. The second-order valence-corrected chi connectivity index (χ2v) is 4.64. The van der Waals surface area contributed by atoms with E-state index in [4.69, 9.17) is 5.73 Å². The van der Waals surface area contributed by atoms with Crippen LogP contribution in [0.2, 0.25) is 0 Å². The van der Waals surface area contributed by atoms with Gasteiger partial charge in [0.15, 0.2) is 0 Å². The van der Waals surface area contributed by atoms with E-state index in [1.54, 1.807) is 0 Å². The van der Waals surface area contributed by atoms with E-state index in [1.165, 1.54) is 22.0 Å². The number of para-hydroxylation sites is 1. The van der Waals surface area contributed by atoms with Crippen LogP contribution in [-0.2, 0) is 6.42 Å². The second-order valence-electron chi connectivity index (χ2n) is 4.64. The third-order valence-electron chi connectivity index (χ3n) is 3.16. The lowest BCUT2D eigenvalue weighted by Gasteiger charge is -2.08. The van der Waals surface area contributed by atoms with Gasteiger partial charge in [0.1, 0.15) is 0 Å². The van der Waals surface area contributed by atoms with Crippen molar-refractivity contribution in [3.05, 3.63) is 41.1 Å². The van der Waals surface area contributed by atoms with E-state index < -0.39 is 0 Å². The molecule has 2 aromatic rings. The topological polar surface area (TPSA) is 38.9 Å². The number of aryl methyl sites for hydroxylation is 3. The van der Waals surface area contributed by atoms with Crippen LogP contribution in [-0.4, -0.2) is 11.5 Å². The smallest absolute Gasteiger partial charge is 0.0739 e. The molecule has 1 heterocycles. The van der Waals surface area contributed by atoms with Crippen molar-refractivity contribution < 1.29 is 0 Å². The zero-order valence-electron chi connectivity index (χ0n) is 10.7. The van der Waals surface area contributed by atoms with Gasteiger partial charge < -0.3 is 5.73 Å². The maximum atomic E-state index is 5.54. The highest BCUT2D eigenvalue weighted by atomic mass is 14.7. The van der Waals surface area contributed by atoms with E-state index in [2.05, 4.69) is 43.1 Å². The van der Waals surface area contributed by atoms with Crippen molar-refractivity contribution in [3.63, 3.8) is 0 Å². The van der Waals surface area contributed by atoms with Gasteiger partial charge in [0.25, 0.3) is 0 Å². The minimum Gasteiger partial charge on any atom is -0.330 e. The number of pyridine rings is 1. The Morgan fingerprint density at radius 1 is 1.18 bits per heavy atom. The van der Waals surface area contributed by atoms with Crippen LogP contribution in [0.4, 0.5) is 0 Å². The van der Waals surface area contributed by atoms with Gasteiger partial charge in [-0.1, -0.05) is 18.2 Å². The van der Waals surface area contributed by atoms with E-state index in [0.717, 1.165) is 31.5 Å². The Labute approximate surface area is 103 Å². The van der Waals surface area contributed by atoms with Crippen molar-refractivity contribution in [1.82, 2.24) is 4.98 Å². The summed E-state index contributed by atoms with van der Waals surface area (Å²) in [6.07, 6.45) is 3.30. The van der Waals surface area contributed by atoms with E-state index in [-0.39, 0.29) is 0 Å². The molecule has 0 bridgehead atoms. The molecular weight excluding hydrogens is 208 g/mol. The molecule has 0 radical (unpaired) electrons. The van der Waals surface area contributed by atoms with Gasteiger partial charge in [-0.25, -0.2) is 0 Å². The summed E-state index contributed by atoms with van der Waals surface area (Å²) in [5.41, 5.74) is 10.5. The molecule has 17 heavy (non-hydrogen) atoms. The first kappa shape index (κ1) is 12.1. The van der Waals surface area contributed by atoms with Gasteiger partial charge in [-0.3, -0.25) is 4.98 Å². The number of benzene rings is 1. The van der Waals surface area contributed by atoms with E-state index in [9.17, 15) is 0 Å². The summed E-state index contributed by atoms with van der Waals surface area (Å²) in [4.78, 5) is 4.68. The Bertz CT molecular complexity index is 518. The molecule has 0 aliphatic carbocycles. The van der Waals surface area contributed by atoms with Gasteiger partial charge in [-0.15, -0.1) is 0 Å². The van der Waals surface area contributed by atoms with E-state index in [0.29, 0.717) is 0 Å². The van der Waals surface area contributed by atoms with Gasteiger partial charge in [-0.05, 0) is 56.8 Å². The van der Waals surface area contributed by atoms with Crippen molar-refractivity contribution in [2.24, 2.45) is 5.73 Å². The molecule has 0 aliphatic heterocycles. The van der Waals surface area contributed by atoms with Crippen molar-refractivity contribution in [2.45, 2.75) is 33.1 Å². The van der Waals surface area contributed by atoms with Crippen LogP contribution in [0.25, 0.3) is 10.9 Å². The Hall–Kier alpha value is -1.41. The average Bonchev–Trinajstić information content (AvgIpc) is 2.30. The molecule has 0 amide bonds. The standard InChI is InChI=1S/C15H20N2/c1-11-10-12(2)17-15-13(6-3-4-9-16)7-5-8-14(11)15/h5,7-8,10H,3-4,6,9,16H2,1-2H3. The number of fused-ring (bicyclic) bond motifs is 1. The summed E-state index contributed by atoms with van der Waals surface area (Å²) in [7, 11) is 0. The Balaban J connectivity index is 2.42. The first-order chi connectivity index (χ1) is 8.22. The van der Waals surface area contributed by atoms with Crippen molar-refractivity contribution in [3.8, 4) is 0 Å². The predicted octanol–water partition coefficient (Wildman–Crippen LogP) is 3.13. The summed E-state index contributed by atoms with van der Waals surface area (Å²) in [6, 6.07) is 8.62. The van der Waals surface area contributed by atoms with Crippen LogP contribution in [0.15, 0.2) is 24.3 Å². The van der Waals surface area contributed by atoms with Gasteiger partial charge in [0.2, 0.25) is 0 Å². The molecule has 0 fully saturated rings. The number of unbranched alkanes of at least 4 members (excludes halogenated alkanes) is 1. The zero-order chi connectivity index (χ0) is 12.3. The summed E-state index contributed by atoms with van der Waals surface area (Å²) in [6.45, 7) is 4.99. The molecule has 0 saturated carbocycles. The fourth-order valence-electron chi connectivity index (χ4n) is 2.30. The molecule has 2 heteroatoms. The molecule has 0 spiro atoms. The lowest BCUT2D eigenvalue weighted by molar-refractivity contribution is 0.746. The van der Waals surface area contributed by atoms with Crippen LogP contribution in [0.1, 0.15) is 29.7 Å². The highest BCUT2D eigenvalue weighted by Gasteiger charge is 2.05. The number of hydrogen-bond donors (Lipinski definition) is 1. The fraction of sp³-hybridized carbons (Fsp3) is 0.400. The summed E-state index contributed by atoms with van der Waals surface area (Å²) in [5.74, 6) is 0. The first-order valence-electron chi connectivity index (χ1n) is 6.28. The molecule has 0 saturated heterocycles. The minimum atomic E-state index is 0.774. The minimum absolute atomic E-state index is 0.774. The number of aromatic nitrogens is 1. The highest BCUT2D eigenvalue weighted by molar-refractivity contribution is 5.85. The second kappa shape index (κ2) is 5.28. The molecule has 1 aromatic carbocycles. The maximum absolute atomic E-state index is 5.54. The molecular formula is C15H20N2. The third-order valence-corrected chi connectivity index (χ3v) is 3.16. The Kier molecular flexibility index (Phi) is 3.75. The van der Waals surface area contributed by atoms with Crippen LogP contribution in [0.5, 0.6) is 0 Å². The molecule has 2 nitrogen and oxygen atoms in total. The molecule has 1 aromatic heterocycles. The highest BCUT2D eigenvalue weighted by Crippen LogP contribution is 2.22. The maximum Gasteiger partial charge on any atom is 0.0739 e. The Morgan fingerprint density at radius 2 is 2.00 bits per heavy atom. The summed E-state index contributed by atoms with van der Waals surface area (Å²) in [5, 5.41) is 1.28. The summed E-state index contributed by atoms with van der Waals surface area (Å²) >= 11 is 0. The fourth-order valence-corrected chi connectivity index (χ4v) is 2.30. The predicted molar refractivity (Wildman–Crippen MR) is 73.2 cm³/mol. The van der Waals surface area contributed by atoms with Gasteiger partial charge in [0.05, 0.1) is 5.52 Å². The molecule has 0 unspecified atom stereocenters. The van der Waals surface area contributed by atoms with Gasteiger partial charge >= 0.3 is 0 Å². The van der Waals surface area contributed by atoms with Crippen LogP contribution < -0.4 is 5.73 Å². The first-order valence-corrected chi connectivity index (χ1v) is 6.28. The SMILES string of the molecule is Cc1cc(C)c2cccc(CCCCN)c2n1. The molecule has 90 valence electrons. The van der Waals surface area contributed by atoms with Crippen molar-refractivity contribution in [2.75, 3.05) is 6.54 Å². The van der Waals surface area contributed by atoms with Crippen LogP contribution in [0, 0.1) is 13.8 Å². The number of nitrogens with zero attached hydrogens (tertiary/aromatic N) is 1. The van der Waals surface area contributed by atoms with Gasteiger partial charge in [0, 0.05) is 11.1 Å². The van der Waals surface area contributed by atoms with E-state index in [1.807, 2.05) is 0 Å². The van der Waals surface area contributed by atoms with E-state index >= 15 is 0 Å². The number of hydrogen-bond acceptors (Lipinski definition) is 2. The lowest BCUT2D eigenvalue weighted by Crippen LogP contribution is -2.00. The number of nitrogens with two attached hydrogens (primary N) is 1. The van der Waals surface area contributed by atoms with Crippen molar-refractivity contribution in [1.29, 1.82) is 0 Å². The van der Waals surface area contributed by atoms with Crippen LogP contribution >= 0.6 is 0 Å². The lowest BCUT2D eigenvalue weighted by atomic mass is 10.0. The molecule has 0 aliphatic rings.